The molecular formula is C10H11O3Rf-. The molecule has 1 atom stereocenters. The third-order valence-electron chi connectivity index (χ3n) is 1.72. The number of hydrogen-bond acceptors (Lipinski definition) is 3. The van der Waals surface area contributed by atoms with Gasteiger partial charge in [0.05, 0.1) is 12.7 Å². The summed E-state index contributed by atoms with van der Waals surface area (Å²) < 4.78 is 4.52. The van der Waals surface area contributed by atoms with Crippen molar-refractivity contribution in [2.45, 2.75) is 6.10 Å². The Balaban J connectivity index is 0.00000169. The maximum absolute atomic E-state index is 11.0. The van der Waals surface area contributed by atoms with Crippen LogP contribution in [0.4, 0.5) is 0 Å². The number of aliphatic hydroxyl groups is 1. The van der Waals surface area contributed by atoms with E-state index >= 15 is 0 Å². The van der Waals surface area contributed by atoms with Crippen LogP contribution >= 0.6 is 0 Å². The van der Waals surface area contributed by atoms with Gasteiger partial charge < -0.3 is 16.8 Å². The predicted octanol–water partition coefficient (Wildman–Crippen LogP) is 1.34. The number of methoxy groups -OCH3 is 1. The molecule has 0 fully saturated rings. The summed E-state index contributed by atoms with van der Waals surface area (Å²) in [5, 5.41) is 9.08. The number of carbonyl (C=O) groups is 1. The summed E-state index contributed by atoms with van der Waals surface area (Å²) in [6.07, 6.45) is -0.758. The van der Waals surface area contributed by atoms with Crippen LogP contribution in [0.1, 0.15) is 22.0 Å². The predicted molar refractivity (Wildman–Crippen MR) is 48.1 cm³/mol. The fourth-order valence-electron chi connectivity index (χ4n) is 0.959. The summed E-state index contributed by atoms with van der Waals surface area (Å²) in [4.78, 5) is 11.0. The van der Waals surface area contributed by atoms with Crippen molar-refractivity contribution in [1.82, 2.24) is 0 Å². The number of benzene rings is 1. The second-order valence-corrected chi connectivity index (χ2v) is 2.63. The van der Waals surface area contributed by atoms with E-state index in [0.717, 1.165) is 0 Å². The molecular weight excluding hydrogens is 435 g/mol. The Kier molecular flexibility index (Phi) is 3.85. The SMILES string of the molecule is [CH2-]C(O)c1ccc(C(=O)OC)cc1.[Rf]. The quantitative estimate of drug-likeness (QED) is 0.552. The number of hydrogen-bond donors (Lipinski definition) is 1. The Hall–Kier alpha value is -2.35. The van der Waals surface area contributed by atoms with Gasteiger partial charge in [-0.2, -0.15) is 0 Å². The van der Waals surface area contributed by atoms with Gasteiger partial charge in [-0.1, -0.05) is 17.7 Å². The molecule has 0 aliphatic heterocycles. The number of ether oxygens (including phenoxy) is 1. The molecule has 0 aliphatic carbocycles. The topological polar surface area (TPSA) is 46.5 Å². The minimum atomic E-state index is -0.758. The molecule has 0 saturated heterocycles. The summed E-state index contributed by atoms with van der Waals surface area (Å²) in [6.45, 7) is 3.44. The van der Waals surface area contributed by atoms with E-state index in [1.54, 1.807) is 24.3 Å². The third kappa shape index (κ3) is 2.32. The maximum Gasteiger partial charge on any atom is 0.337 e. The normalized spacial score (nSPS) is 11.4. The van der Waals surface area contributed by atoms with Crippen molar-refractivity contribution in [2.24, 2.45) is 0 Å². The van der Waals surface area contributed by atoms with E-state index in [2.05, 4.69) is 11.7 Å². The van der Waals surface area contributed by atoms with Crippen molar-refractivity contribution in [2.75, 3.05) is 7.11 Å². The van der Waals surface area contributed by atoms with Gasteiger partial charge >= 0.3 is 5.97 Å². The smallest absolute Gasteiger partial charge is 0.337 e. The molecule has 1 aromatic carbocycles. The minimum absolute atomic E-state index is 0. The zero-order chi connectivity index (χ0) is 9.84. The zero-order valence-electron chi connectivity index (χ0n) is 8.06. The summed E-state index contributed by atoms with van der Waals surface area (Å²) in [5.41, 5.74) is 1.14. The van der Waals surface area contributed by atoms with E-state index in [4.69, 9.17) is 5.11 Å². The Labute approximate surface area is 77.0 Å². The van der Waals surface area contributed by atoms with Crippen molar-refractivity contribution in [3.05, 3.63) is 42.3 Å². The molecule has 0 aromatic heterocycles. The molecule has 0 bridgehead atoms. The molecule has 1 rings (SSSR count). The first-order valence-electron chi connectivity index (χ1n) is 3.84. The van der Waals surface area contributed by atoms with Crippen molar-refractivity contribution in [3.63, 3.8) is 0 Å². The molecule has 0 aliphatic rings. The summed E-state index contributed by atoms with van der Waals surface area (Å²) >= 11 is 0. The van der Waals surface area contributed by atoms with E-state index in [1.165, 1.54) is 7.11 Å². The Morgan fingerprint density at radius 3 is 2.29 bits per heavy atom. The molecule has 1 N–H and O–H groups in total. The van der Waals surface area contributed by atoms with Gasteiger partial charge in [-0.3, -0.25) is 0 Å². The minimum Gasteiger partial charge on any atom is -0.465 e. The van der Waals surface area contributed by atoms with Gasteiger partial charge in [0, 0.05) is 0 Å². The van der Waals surface area contributed by atoms with Gasteiger partial charge in [-0.05, 0) is 18.2 Å². The van der Waals surface area contributed by atoms with Gasteiger partial charge in [-0.15, -0.1) is 0 Å². The third-order valence-corrected chi connectivity index (χ3v) is 1.72. The molecule has 1 aromatic rings. The van der Waals surface area contributed by atoms with Gasteiger partial charge in [0.2, 0.25) is 0 Å². The molecule has 0 radical (unpaired) electrons. The number of aliphatic hydroxyl groups excluding tert-OH is 1. The van der Waals surface area contributed by atoms with Crippen molar-refractivity contribution in [3.8, 4) is 0 Å². The van der Waals surface area contributed by atoms with Crippen LogP contribution in [0.15, 0.2) is 24.3 Å². The molecule has 3 nitrogen and oxygen atoms in total. The van der Waals surface area contributed by atoms with Crippen LogP contribution < -0.4 is 0 Å². The summed E-state index contributed by atoms with van der Waals surface area (Å²) in [6, 6.07) is 6.47. The van der Waals surface area contributed by atoms with Crippen LogP contribution in [-0.2, 0) is 4.74 Å². The number of carbonyl (C=O) groups excluding carboxylic acids is 1. The van der Waals surface area contributed by atoms with Crippen molar-refractivity contribution >= 4 is 5.97 Å². The Morgan fingerprint density at radius 1 is 1.43 bits per heavy atom. The maximum atomic E-state index is 11.0. The first-order chi connectivity index (χ1) is 6.15. The monoisotopic (exact) mass is 446 g/mol. The second-order valence-electron chi connectivity index (χ2n) is 2.63. The van der Waals surface area contributed by atoms with E-state index < -0.39 is 6.10 Å². The molecule has 4 heteroatoms. The number of esters is 1. The average Bonchev–Trinajstić information content (AvgIpc) is 2.17. The standard InChI is InChI=1S/C10H11O3.Rf/c1-7(11)8-3-5-9(6-4-8)10(12)13-2;/h3-7,11H,1H2,2H3;/q-1;. The van der Waals surface area contributed by atoms with Crippen molar-refractivity contribution < 1.29 is 14.6 Å². The van der Waals surface area contributed by atoms with Crippen molar-refractivity contribution in [1.29, 1.82) is 0 Å². The number of rotatable bonds is 2. The van der Waals surface area contributed by atoms with Crippen LogP contribution in [0.3, 0.4) is 0 Å². The van der Waals surface area contributed by atoms with Crippen LogP contribution in [0, 0.1) is 6.92 Å². The van der Waals surface area contributed by atoms with Crippen LogP contribution in [0.5, 0.6) is 0 Å². The largest absolute Gasteiger partial charge is 0.465 e. The molecule has 0 saturated carbocycles. The van der Waals surface area contributed by atoms with Gasteiger partial charge in [0.1, 0.15) is 0 Å². The second kappa shape index (κ2) is 4.62. The Morgan fingerprint density at radius 2 is 1.93 bits per heavy atom. The summed E-state index contributed by atoms with van der Waals surface area (Å²) in [5.74, 6) is -0.384. The van der Waals surface area contributed by atoms with Crippen LogP contribution in [-0.4, -0.2) is 18.2 Å². The molecule has 0 heterocycles. The van der Waals surface area contributed by atoms with Gasteiger partial charge in [0.15, 0.2) is 0 Å². The summed E-state index contributed by atoms with van der Waals surface area (Å²) in [7, 11) is 1.33. The van der Waals surface area contributed by atoms with E-state index in [0.29, 0.717) is 11.1 Å². The fraction of sp³-hybridized carbons (Fsp3) is 0.200. The molecule has 14 heavy (non-hydrogen) atoms. The first-order valence-corrected chi connectivity index (χ1v) is 3.84. The molecule has 0 amide bonds. The fourth-order valence-corrected chi connectivity index (χ4v) is 0.959. The van der Waals surface area contributed by atoms with E-state index in [9.17, 15) is 4.79 Å². The van der Waals surface area contributed by atoms with Gasteiger partial charge in [-0.25, -0.2) is 4.79 Å². The van der Waals surface area contributed by atoms with Gasteiger partial charge in [0.25, 0.3) is 0 Å². The Bertz CT molecular complexity index is 293. The van der Waals surface area contributed by atoms with E-state index in [-0.39, 0.29) is 5.97 Å². The van der Waals surface area contributed by atoms with Crippen LogP contribution in [0.2, 0.25) is 0 Å². The zero-order valence-corrected chi connectivity index (χ0v) is 14.5. The molecule has 72 valence electrons. The molecule has 1 unspecified atom stereocenters. The molecule has 0 spiro atoms. The van der Waals surface area contributed by atoms with Crippen LogP contribution in [0.25, 0.3) is 0 Å². The van der Waals surface area contributed by atoms with E-state index in [1.807, 2.05) is 0 Å². The average molecular weight is 446 g/mol. The first kappa shape index (κ1) is 11.6.